The van der Waals surface area contributed by atoms with Gasteiger partial charge in [0, 0.05) is 42.1 Å². The summed E-state index contributed by atoms with van der Waals surface area (Å²) >= 11 is 0. The van der Waals surface area contributed by atoms with Gasteiger partial charge in [-0.15, -0.1) is 0 Å². The molecular formula is C16H20N4. The van der Waals surface area contributed by atoms with E-state index in [0.29, 0.717) is 6.54 Å². The van der Waals surface area contributed by atoms with Gasteiger partial charge in [-0.05, 0) is 32.1 Å². The first-order chi connectivity index (χ1) is 9.67. The van der Waals surface area contributed by atoms with E-state index in [1.54, 1.807) is 0 Å². The van der Waals surface area contributed by atoms with E-state index in [-0.39, 0.29) is 0 Å². The number of pyridine rings is 1. The van der Waals surface area contributed by atoms with Crippen molar-refractivity contribution in [3.8, 4) is 0 Å². The number of aromatic nitrogens is 2. The van der Waals surface area contributed by atoms with E-state index >= 15 is 0 Å². The predicted molar refractivity (Wildman–Crippen MR) is 85.0 cm³/mol. The molecule has 20 heavy (non-hydrogen) atoms. The van der Waals surface area contributed by atoms with Crippen LogP contribution < -0.4 is 5.73 Å². The Labute approximate surface area is 119 Å². The van der Waals surface area contributed by atoms with Crippen molar-refractivity contribution in [2.24, 2.45) is 10.7 Å². The molecule has 2 heterocycles. The molecule has 0 atom stereocenters. The first-order valence-electron chi connectivity index (χ1n) is 6.68. The molecular weight excluding hydrogens is 248 g/mol. The SMILES string of the molecule is C=C(C)N=C(/C=C\C)c1ccnc2c1ccn2CCN. The number of aliphatic imine (C=N–C) groups is 1. The summed E-state index contributed by atoms with van der Waals surface area (Å²) in [4.78, 5) is 8.96. The highest BCUT2D eigenvalue weighted by Gasteiger charge is 2.09. The van der Waals surface area contributed by atoms with Gasteiger partial charge in [-0.25, -0.2) is 4.98 Å². The summed E-state index contributed by atoms with van der Waals surface area (Å²) in [5.74, 6) is 0. The van der Waals surface area contributed by atoms with Gasteiger partial charge in [0.2, 0.25) is 0 Å². The monoisotopic (exact) mass is 268 g/mol. The minimum Gasteiger partial charge on any atom is -0.331 e. The third-order valence-electron chi connectivity index (χ3n) is 2.94. The maximum atomic E-state index is 5.63. The Balaban J connectivity index is 2.61. The van der Waals surface area contributed by atoms with E-state index in [2.05, 4.69) is 27.2 Å². The number of allylic oxidation sites excluding steroid dienone is 3. The molecule has 0 aliphatic heterocycles. The fourth-order valence-corrected chi connectivity index (χ4v) is 2.18. The average Bonchev–Trinajstić information content (AvgIpc) is 2.82. The molecule has 0 amide bonds. The Morgan fingerprint density at radius 2 is 2.30 bits per heavy atom. The van der Waals surface area contributed by atoms with Crippen LogP contribution in [-0.2, 0) is 6.54 Å². The van der Waals surface area contributed by atoms with Crippen molar-refractivity contribution in [3.05, 3.63) is 54.5 Å². The van der Waals surface area contributed by atoms with Crippen molar-refractivity contribution >= 4 is 16.7 Å². The number of hydrogen-bond donors (Lipinski definition) is 1. The molecule has 104 valence electrons. The molecule has 4 heteroatoms. The predicted octanol–water partition coefficient (Wildman–Crippen LogP) is 2.89. The smallest absolute Gasteiger partial charge is 0.140 e. The van der Waals surface area contributed by atoms with E-state index in [9.17, 15) is 0 Å². The highest BCUT2D eigenvalue weighted by molar-refractivity contribution is 6.16. The second-order valence-corrected chi connectivity index (χ2v) is 4.63. The Hall–Kier alpha value is -2.20. The van der Waals surface area contributed by atoms with Crippen LogP contribution in [0.3, 0.4) is 0 Å². The van der Waals surface area contributed by atoms with Crippen LogP contribution in [0.15, 0.2) is 53.9 Å². The lowest BCUT2D eigenvalue weighted by atomic mass is 10.1. The van der Waals surface area contributed by atoms with Crippen LogP contribution in [0.1, 0.15) is 19.4 Å². The Kier molecular flexibility index (Phi) is 4.48. The fraction of sp³-hybridized carbons (Fsp3) is 0.250. The van der Waals surface area contributed by atoms with Gasteiger partial charge in [-0.3, -0.25) is 4.99 Å². The molecule has 0 aliphatic carbocycles. The van der Waals surface area contributed by atoms with Gasteiger partial charge < -0.3 is 10.3 Å². The van der Waals surface area contributed by atoms with Gasteiger partial charge in [0.05, 0.1) is 5.71 Å². The molecule has 2 aromatic heterocycles. The Morgan fingerprint density at radius 1 is 1.50 bits per heavy atom. The van der Waals surface area contributed by atoms with Crippen LogP contribution in [0, 0.1) is 0 Å². The molecule has 0 fully saturated rings. The molecule has 2 N–H and O–H groups in total. The number of fused-ring (bicyclic) bond motifs is 1. The van der Waals surface area contributed by atoms with E-state index in [4.69, 9.17) is 5.73 Å². The van der Waals surface area contributed by atoms with E-state index < -0.39 is 0 Å². The number of rotatable bonds is 5. The molecule has 0 aliphatic rings. The summed E-state index contributed by atoms with van der Waals surface area (Å²) in [5.41, 5.74) is 9.31. The lowest BCUT2D eigenvalue weighted by molar-refractivity contribution is 0.728. The van der Waals surface area contributed by atoms with Crippen LogP contribution in [0.2, 0.25) is 0 Å². The minimum atomic E-state index is 0.595. The van der Waals surface area contributed by atoms with Crippen LogP contribution in [-0.4, -0.2) is 21.8 Å². The first-order valence-corrected chi connectivity index (χ1v) is 6.68. The molecule has 0 saturated heterocycles. The van der Waals surface area contributed by atoms with E-state index in [1.807, 2.05) is 44.5 Å². The van der Waals surface area contributed by atoms with Crippen LogP contribution in [0.25, 0.3) is 11.0 Å². The molecule has 2 aromatic rings. The van der Waals surface area contributed by atoms with E-state index in [0.717, 1.165) is 34.6 Å². The summed E-state index contributed by atoms with van der Waals surface area (Å²) < 4.78 is 2.06. The number of nitrogens with two attached hydrogens (primary N) is 1. The number of nitrogens with zero attached hydrogens (tertiary/aromatic N) is 3. The molecule has 4 nitrogen and oxygen atoms in total. The Bertz CT molecular complexity index is 677. The van der Waals surface area contributed by atoms with E-state index in [1.165, 1.54) is 0 Å². The number of hydrogen-bond acceptors (Lipinski definition) is 3. The van der Waals surface area contributed by atoms with Gasteiger partial charge in [0.1, 0.15) is 5.65 Å². The van der Waals surface area contributed by atoms with Gasteiger partial charge in [-0.2, -0.15) is 0 Å². The zero-order chi connectivity index (χ0) is 14.5. The molecule has 0 unspecified atom stereocenters. The summed E-state index contributed by atoms with van der Waals surface area (Å²) in [6.07, 6.45) is 7.79. The van der Waals surface area contributed by atoms with Crippen molar-refractivity contribution < 1.29 is 0 Å². The average molecular weight is 268 g/mol. The molecule has 0 bridgehead atoms. The third kappa shape index (κ3) is 2.86. The summed E-state index contributed by atoms with van der Waals surface area (Å²) in [6.45, 7) is 9.08. The molecule has 0 radical (unpaired) electrons. The molecule has 0 saturated carbocycles. The summed E-state index contributed by atoms with van der Waals surface area (Å²) in [5, 5.41) is 1.08. The first kappa shape index (κ1) is 14.2. The molecule has 2 rings (SSSR count). The maximum absolute atomic E-state index is 5.63. The fourth-order valence-electron chi connectivity index (χ4n) is 2.18. The van der Waals surface area contributed by atoms with Gasteiger partial charge in [0.15, 0.2) is 0 Å². The highest BCUT2D eigenvalue weighted by atomic mass is 15.0. The van der Waals surface area contributed by atoms with Gasteiger partial charge in [0.25, 0.3) is 0 Å². The summed E-state index contributed by atoms with van der Waals surface area (Å²) in [6, 6.07) is 4.04. The molecule has 0 spiro atoms. The van der Waals surface area contributed by atoms with Crippen LogP contribution in [0.5, 0.6) is 0 Å². The Morgan fingerprint density at radius 3 is 2.95 bits per heavy atom. The molecule has 0 aromatic carbocycles. The van der Waals surface area contributed by atoms with Crippen LogP contribution in [0.4, 0.5) is 0 Å². The highest BCUT2D eigenvalue weighted by Crippen LogP contribution is 2.20. The van der Waals surface area contributed by atoms with Crippen molar-refractivity contribution in [2.45, 2.75) is 20.4 Å². The zero-order valence-electron chi connectivity index (χ0n) is 12.0. The standard InChI is InChI=1S/C16H20N4/c1-4-5-15(19-12(2)3)13-6-9-18-16-14(13)7-10-20(16)11-8-17/h4-7,9-10H,2,8,11,17H2,1,3H3/b5-4-,19-15?. The van der Waals surface area contributed by atoms with Crippen molar-refractivity contribution in [1.82, 2.24) is 9.55 Å². The second-order valence-electron chi connectivity index (χ2n) is 4.63. The zero-order valence-corrected chi connectivity index (χ0v) is 12.0. The third-order valence-corrected chi connectivity index (χ3v) is 2.94. The van der Waals surface area contributed by atoms with Gasteiger partial charge in [-0.1, -0.05) is 12.7 Å². The lowest BCUT2D eigenvalue weighted by Gasteiger charge is -2.06. The topological polar surface area (TPSA) is 56.2 Å². The second kappa shape index (κ2) is 6.30. The minimum absolute atomic E-state index is 0.595. The van der Waals surface area contributed by atoms with Crippen molar-refractivity contribution in [3.63, 3.8) is 0 Å². The summed E-state index contributed by atoms with van der Waals surface area (Å²) in [7, 11) is 0. The van der Waals surface area contributed by atoms with Crippen molar-refractivity contribution in [1.29, 1.82) is 0 Å². The van der Waals surface area contributed by atoms with Crippen molar-refractivity contribution in [2.75, 3.05) is 6.54 Å². The van der Waals surface area contributed by atoms with Crippen LogP contribution >= 0.6 is 0 Å². The normalized spacial score (nSPS) is 12.4. The maximum Gasteiger partial charge on any atom is 0.140 e. The van der Waals surface area contributed by atoms with Gasteiger partial charge >= 0.3 is 0 Å². The lowest BCUT2D eigenvalue weighted by Crippen LogP contribution is -2.09. The quantitative estimate of drug-likeness (QED) is 0.848. The largest absolute Gasteiger partial charge is 0.331 e.